The highest BCUT2D eigenvalue weighted by atomic mass is 16.2. The van der Waals surface area contributed by atoms with E-state index in [1.54, 1.807) is 12.1 Å². The van der Waals surface area contributed by atoms with Crippen LogP contribution in [0.4, 0.5) is 10.5 Å². The first-order chi connectivity index (χ1) is 9.70. The lowest BCUT2D eigenvalue weighted by Gasteiger charge is -2.08. The molecule has 0 aromatic heterocycles. The first-order valence-electron chi connectivity index (χ1n) is 7.12. The average molecular weight is 275 g/mol. The lowest BCUT2D eigenvalue weighted by atomic mass is 10.1. The maximum absolute atomic E-state index is 11.8. The van der Waals surface area contributed by atoms with Crippen LogP contribution in [0.2, 0.25) is 0 Å². The molecule has 0 bridgehead atoms. The highest BCUT2D eigenvalue weighted by Crippen LogP contribution is 2.42. The normalized spacial score (nSPS) is 20.1. The second-order valence-corrected chi connectivity index (χ2v) is 5.18. The van der Waals surface area contributed by atoms with Gasteiger partial charge in [-0.05, 0) is 30.9 Å². The van der Waals surface area contributed by atoms with Gasteiger partial charge in [0.25, 0.3) is 0 Å². The number of hydrogen-bond donors (Lipinski definition) is 3. The monoisotopic (exact) mass is 275 g/mol. The van der Waals surface area contributed by atoms with Gasteiger partial charge in [0, 0.05) is 11.6 Å². The largest absolute Gasteiger partial charge is 0.337 e. The van der Waals surface area contributed by atoms with Gasteiger partial charge in [0.05, 0.1) is 0 Å². The van der Waals surface area contributed by atoms with Crippen LogP contribution >= 0.6 is 0 Å². The number of amides is 3. The van der Waals surface area contributed by atoms with Gasteiger partial charge in [0.2, 0.25) is 5.91 Å². The molecule has 5 heteroatoms. The van der Waals surface area contributed by atoms with Gasteiger partial charge in [0.15, 0.2) is 0 Å². The number of rotatable bonds is 5. The van der Waals surface area contributed by atoms with Gasteiger partial charge in [-0.25, -0.2) is 10.2 Å². The van der Waals surface area contributed by atoms with E-state index in [0.717, 1.165) is 25.7 Å². The fourth-order valence-corrected chi connectivity index (χ4v) is 2.25. The number of carbonyl (C=O) groups is 2. The second kappa shape index (κ2) is 6.93. The van der Waals surface area contributed by atoms with E-state index in [-0.39, 0.29) is 11.8 Å². The quantitative estimate of drug-likeness (QED) is 0.723. The van der Waals surface area contributed by atoms with Gasteiger partial charge in [-0.15, -0.1) is 0 Å². The lowest BCUT2D eigenvalue weighted by Crippen LogP contribution is -2.44. The van der Waals surface area contributed by atoms with Crippen molar-refractivity contribution in [1.82, 2.24) is 10.9 Å². The van der Waals surface area contributed by atoms with Crippen LogP contribution in [-0.4, -0.2) is 11.9 Å². The molecule has 108 valence electrons. The number of nitrogens with one attached hydrogen (secondary N) is 3. The molecule has 1 fully saturated rings. The van der Waals surface area contributed by atoms with Crippen LogP contribution in [0.15, 0.2) is 30.3 Å². The smallest absolute Gasteiger partial charge is 0.307 e. The van der Waals surface area contributed by atoms with Crippen LogP contribution in [0.1, 0.15) is 32.6 Å². The minimum atomic E-state index is -0.435. The highest BCUT2D eigenvalue weighted by molar-refractivity contribution is 5.91. The summed E-state index contributed by atoms with van der Waals surface area (Å²) in [5.74, 6) is 0.474. The fourth-order valence-electron chi connectivity index (χ4n) is 2.25. The topological polar surface area (TPSA) is 70.2 Å². The summed E-state index contributed by atoms with van der Waals surface area (Å²) in [4.78, 5) is 23.4. The predicted molar refractivity (Wildman–Crippen MR) is 77.9 cm³/mol. The van der Waals surface area contributed by atoms with E-state index >= 15 is 0 Å². The third kappa shape index (κ3) is 4.26. The number of para-hydroxylation sites is 1. The van der Waals surface area contributed by atoms with Gasteiger partial charge in [-0.1, -0.05) is 38.0 Å². The van der Waals surface area contributed by atoms with Crippen molar-refractivity contribution < 1.29 is 9.59 Å². The summed E-state index contributed by atoms with van der Waals surface area (Å²) in [5, 5.41) is 2.64. The van der Waals surface area contributed by atoms with Gasteiger partial charge in [0.1, 0.15) is 0 Å². The summed E-state index contributed by atoms with van der Waals surface area (Å²) in [5.41, 5.74) is 5.54. The third-order valence-electron chi connectivity index (χ3n) is 3.52. The van der Waals surface area contributed by atoms with E-state index in [1.165, 1.54) is 0 Å². The minimum Gasteiger partial charge on any atom is -0.307 e. The summed E-state index contributed by atoms with van der Waals surface area (Å²) in [6, 6.07) is 8.66. The molecule has 1 aliphatic carbocycles. The molecule has 3 N–H and O–H groups in total. The van der Waals surface area contributed by atoms with Crippen LogP contribution in [0.5, 0.6) is 0 Å². The molecule has 3 amide bonds. The summed E-state index contributed by atoms with van der Waals surface area (Å²) in [6.07, 6.45) is 4.36. The second-order valence-electron chi connectivity index (χ2n) is 5.18. The highest BCUT2D eigenvalue weighted by Gasteiger charge is 2.42. The zero-order valence-corrected chi connectivity index (χ0v) is 11.7. The molecular weight excluding hydrogens is 254 g/mol. The van der Waals surface area contributed by atoms with E-state index < -0.39 is 6.03 Å². The average Bonchev–Trinajstić information content (AvgIpc) is 3.23. The Morgan fingerprint density at radius 1 is 1.20 bits per heavy atom. The molecule has 2 unspecified atom stereocenters. The molecule has 0 aliphatic heterocycles. The van der Waals surface area contributed by atoms with Gasteiger partial charge in [-0.2, -0.15) is 0 Å². The van der Waals surface area contributed by atoms with E-state index in [0.29, 0.717) is 11.6 Å². The Balaban J connectivity index is 1.65. The van der Waals surface area contributed by atoms with Crippen LogP contribution in [0.3, 0.4) is 0 Å². The third-order valence-corrected chi connectivity index (χ3v) is 3.52. The molecule has 5 nitrogen and oxygen atoms in total. The number of hydrazine groups is 1. The Labute approximate surface area is 119 Å². The van der Waals surface area contributed by atoms with Crippen LogP contribution in [-0.2, 0) is 4.79 Å². The Kier molecular flexibility index (Phi) is 4.98. The van der Waals surface area contributed by atoms with Gasteiger partial charge >= 0.3 is 6.03 Å². The fraction of sp³-hybridized carbons (Fsp3) is 0.467. The standard InChI is InChI=1S/C15H21N3O2/c1-2-3-7-11-10-13(11)14(19)17-18-15(20)16-12-8-5-4-6-9-12/h4-6,8-9,11,13H,2-3,7,10H2,1H3,(H,17,19)(H2,16,18,20). The molecule has 20 heavy (non-hydrogen) atoms. The van der Waals surface area contributed by atoms with Crippen molar-refractivity contribution in [3.8, 4) is 0 Å². The molecule has 2 rings (SSSR count). The Hall–Kier alpha value is -2.04. The molecule has 2 atom stereocenters. The van der Waals surface area contributed by atoms with Crippen molar-refractivity contribution in [2.75, 3.05) is 5.32 Å². The Bertz CT molecular complexity index is 461. The number of urea groups is 1. The Morgan fingerprint density at radius 3 is 2.65 bits per heavy atom. The first kappa shape index (κ1) is 14.4. The predicted octanol–water partition coefficient (Wildman–Crippen LogP) is 2.67. The lowest BCUT2D eigenvalue weighted by molar-refractivity contribution is -0.123. The molecule has 1 saturated carbocycles. The number of unbranched alkanes of at least 4 members (excludes halogenated alkanes) is 1. The van der Waals surface area contributed by atoms with E-state index in [4.69, 9.17) is 0 Å². The number of anilines is 1. The summed E-state index contributed by atoms with van der Waals surface area (Å²) in [6.45, 7) is 2.15. The van der Waals surface area contributed by atoms with Crippen molar-refractivity contribution in [3.05, 3.63) is 30.3 Å². The minimum absolute atomic E-state index is 0.0681. The number of hydrogen-bond acceptors (Lipinski definition) is 2. The Morgan fingerprint density at radius 2 is 1.95 bits per heavy atom. The summed E-state index contributed by atoms with van der Waals surface area (Å²) < 4.78 is 0. The van der Waals surface area contributed by atoms with Gasteiger partial charge in [-0.3, -0.25) is 10.2 Å². The molecule has 0 saturated heterocycles. The van der Waals surface area contributed by atoms with Crippen LogP contribution in [0.25, 0.3) is 0 Å². The van der Waals surface area contributed by atoms with E-state index in [9.17, 15) is 9.59 Å². The van der Waals surface area contributed by atoms with Crippen molar-refractivity contribution in [2.45, 2.75) is 32.6 Å². The van der Waals surface area contributed by atoms with Gasteiger partial charge < -0.3 is 5.32 Å². The van der Waals surface area contributed by atoms with Crippen LogP contribution < -0.4 is 16.2 Å². The molecule has 1 aromatic rings. The molecule has 0 radical (unpaired) electrons. The van der Waals surface area contributed by atoms with Crippen molar-refractivity contribution >= 4 is 17.6 Å². The SMILES string of the molecule is CCCCC1CC1C(=O)NNC(=O)Nc1ccccc1. The van der Waals surface area contributed by atoms with Crippen molar-refractivity contribution in [2.24, 2.45) is 11.8 Å². The van der Waals surface area contributed by atoms with Crippen LogP contribution in [0, 0.1) is 11.8 Å². The summed E-state index contributed by atoms with van der Waals surface area (Å²) >= 11 is 0. The summed E-state index contributed by atoms with van der Waals surface area (Å²) in [7, 11) is 0. The molecule has 1 aromatic carbocycles. The van der Waals surface area contributed by atoms with E-state index in [1.807, 2.05) is 18.2 Å². The van der Waals surface area contributed by atoms with Crippen molar-refractivity contribution in [1.29, 1.82) is 0 Å². The van der Waals surface area contributed by atoms with Crippen molar-refractivity contribution in [3.63, 3.8) is 0 Å². The number of benzene rings is 1. The maximum atomic E-state index is 11.8. The number of carbonyl (C=O) groups excluding carboxylic acids is 2. The zero-order valence-electron chi connectivity index (χ0n) is 11.7. The molecular formula is C15H21N3O2. The zero-order chi connectivity index (χ0) is 14.4. The first-order valence-corrected chi connectivity index (χ1v) is 7.12. The molecule has 0 spiro atoms. The van der Waals surface area contributed by atoms with E-state index in [2.05, 4.69) is 23.1 Å². The molecule has 0 heterocycles. The molecule has 1 aliphatic rings. The maximum Gasteiger partial charge on any atom is 0.337 e.